The predicted octanol–water partition coefficient (Wildman–Crippen LogP) is 13.3. The van der Waals surface area contributed by atoms with Crippen molar-refractivity contribution in [1.29, 1.82) is 0 Å². The van der Waals surface area contributed by atoms with Crippen LogP contribution in [0.5, 0.6) is 0 Å². The molecule has 0 aliphatic rings. The number of quaternary nitrogens is 1. The molecular weight excluding hydrogens is 782 g/mol. The highest BCUT2D eigenvalue weighted by Gasteiger charge is 2.20. The Morgan fingerprint density at radius 2 is 0.885 bits per heavy atom. The van der Waals surface area contributed by atoms with Crippen molar-refractivity contribution >= 4 is 13.8 Å². The van der Waals surface area contributed by atoms with Crippen LogP contribution in [0.25, 0.3) is 0 Å². The van der Waals surface area contributed by atoms with Gasteiger partial charge in [-0.1, -0.05) is 148 Å². The first-order valence-corrected chi connectivity index (χ1v) is 24.4. The van der Waals surface area contributed by atoms with Crippen LogP contribution in [0.15, 0.2) is 134 Å². The van der Waals surface area contributed by atoms with Crippen LogP contribution in [0, 0.1) is 0 Å². The third kappa shape index (κ3) is 47.5. The zero-order chi connectivity index (χ0) is 44.8. The Labute approximate surface area is 373 Å². The van der Waals surface area contributed by atoms with Crippen molar-refractivity contribution in [2.24, 2.45) is 0 Å². The number of rotatable bonds is 40. The average Bonchev–Trinajstić information content (AvgIpc) is 3.22. The van der Waals surface area contributed by atoms with Crippen LogP contribution in [0.3, 0.4) is 0 Å². The lowest BCUT2D eigenvalue weighted by atomic mass is 10.2. The number of likely N-dealkylation sites (N-methyl/N-ethyl adjacent to an activating group) is 1. The van der Waals surface area contributed by atoms with E-state index in [1.54, 1.807) is 0 Å². The van der Waals surface area contributed by atoms with Crippen LogP contribution in [-0.4, -0.2) is 70.7 Å². The first kappa shape index (κ1) is 57.6. The van der Waals surface area contributed by atoms with E-state index in [0.717, 1.165) is 103 Å². The van der Waals surface area contributed by atoms with Gasteiger partial charge in [-0.05, 0) is 109 Å². The van der Waals surface area contributed by atoms with Gasteiger partial charge in [-0.2, -0.15) is 0 Å². The van der Waals surface area contributed by atoms with Gasteiger partial charge in [0.05, 0.1) is 34.4 Å². The summed E-state index contributed by atoms with van der Waals surface area (Å²) in [6.45, 7) is 4.95. The van der Waals surface area contributed by atoms with Crippen LogP contribution >= 0.6 is 7.82 Å². The zero-order valence-electron chi connectivity index (χ0n) is 38.8. The molecule has 0 saturated carbocycles. The van der Waals surface area contributed by atoms with E-state index in [-0.39, 0.29) is 26.2 Å². The van der Waals surface area contributed by atoms with Gasteiger partial charge in [-0.3, -0.25) is 9.36 Å². The molecule has 0 aliphatic carbocycles. The van der Waals surface area contributed by atoms with E-state index < -0.39 is 19.9 Å². The van der Waals surface area contributed by atoms with E-state index in [1.807, 2.05) is 21.1 Å². The summed E-state index contributed by atoms with van der Waals surface area (Å²) in [6, 6.07) is 0. The predicted molar refractivity (Wildman–Crippen MR) is 258 cm³/mol. The highest BCUT2D eigenvalue weighted by molar-refractivity contribution is 7.45. The minimum atomic E-state index is -4.56. The molecule has 0 aromatic carbocycles. The molecule has 0 fully saturated rings. The monoisotopic (exact) mass is 866 g/mol. The number of carbonyl (C=O) groups excluding carboxylic acids is 1. The fourth-order valence-corrected chi connectivity index (χ4v) is 5.95. The van der Waals surface area contributed by atoms with Gasteiger partial charge in [0.1, 0.15) is 19.3 Å². The van der Waals surface area contributed by atoms with Crippen molar-refractivity contribution in [3.8, 4) is 0 Å². The molecule has 344 valence electrons. The van der Waals surface area contributed by atoms with Crippen LogP contribution in [-0.2, 0) is 27.9 Å². The van der Waals surface area contributed by atoms with E-state index in [4.69, 9.17) is 18.5 Å². The van der Waals surface area contributed by atoms with Gasteiger partial charge in [0.15, 0.2) is 0 Å². The first-order chi connectivity index (χ1) is 29.6. The topological polar surface area (TPSA) is 94.1 Å². The molecule has 9 heteroatoms. The number of carbonyl (C=O) groups is 1. The first-order valence-electron chi connectivity index (χ1n) is 22.9. The van der Waals surface area contributed by atoms with Crippen LogP contribution in [0.2, 0.25) is 0 Å². The van der Waals surface area contributed by atoms with Crippen molar-refractivity contribution in [2.45, 2.75) is 136 Å². The number of allylic oxidation sites excluding steroid dienone is 22. The van der Waals surface area contributed by atoms with E-state index in [9.17, 15) is 14.3 Å². The van der Waals surface area contributed by atoms with Crippen molar-refractivity contribution < 1.29 is 37.3 Å². The third-order valence-corrected chi connectivity index (χ3v) is 9.66. The molecule has 0 aliphatic heterocycles. The minimum Gasteiger partial charge on any atom is -0.756 e. The quantitative estimate of drug-likeness (QED) is 0.0199. The van der Waals surface area contributed by atoms with Gasteiger partial charge in [0.25, 0.3) is 7.82 Å². The summed E-state index contributed by atoms with van der Waals surface area (Å²) in [7, 11) is 1.27. The lowest BCUT2D eigenvalue weighted by molar-refractivity contribution is -0.870. The fraction of sp³-hybridized carbons (Fsp3) is 0.558. The van der Waals surface area contributed by atoms with E-state index in [0.29, 0.717) is 24.1 Å². The maximum Gasteiger partial charge on any atom is 0.306 e. The minimum absolute atomic E-state index is 0.000343. The summed E-state index contributed by atoms with van der Waals surface area (Å²) in [6.07, 6.45) is 63.4. The van der Waals surface area contributed by atoms with Crippen LogP contribution in [0.1, 0.15) is 129 Å². The van der Waals surface area contributed by atoms with Gasteiger partial charge in [-0.25, -0.2) is 0 Å². The van der Waals surface area contributed by atoms with Crippen LogP contribution in [0.4, 0.5) is 0 Å². The SMILES string of the molecule is CC/C=C\C/C=C\C/C=C\C/C=C\C/C=C\C/C=C\C/C=C\CCCCOCC(COP(=O)([O-])OCC[N+](C)(C)C)OC(=O)CCCC/C=C\C/C=C\C/C=C\C/C=C\CC. The molecule has 2 unspecified atom stereocenters. The summed E-state index contributed by atoms with van der Waals surface area (Å²) in [4.78, 5) is 25.1. The molecule has 0 bridgehead atoms. The molecule has 0 N–H and O–H groups in total. The Balaban J connectivity index is 4.39. The number of hydrogen-bond acceptors (Lipinski definition) is 7. The number of unbranched alkanes of at least 4 members (excludes halogenated alkanes) is 4. The summed E-state index contributed by atoms with van der Waals surface area (Å²) in [5.41, 5.74) is 0. The van der Waals surface area contributed by atoms with Gasteiger partial charge >= 0.3 is 5.97 Å². The smallest absolute Gasteiger partial charge is 0.306 e. The molecule has 0 amide bonds. The lowest BCUT2D eigenvalue weighted by Crippen LogP contribution is -2.37. The lowest BCUT2D eigenvalue weighted by Gasteiger charge is -2.28. The molecule has 0 spiro atoms. The molecule has 0 radical (unpaired) electrons. The molecule has 61 heavy (non-hydrogen) atoms. The van der Waals surface area contributed by atoms with Crippen molar-refractivity contribution in [3.63, 3.8) is 0 Å². The molecule has 0 saturated heterocycles. The Morgan fingerprint density at radius 1 is 0.508 bits per heavy atom. The van der Waals surface area contributed by atoms with Crippen molar-refractivity contribution in [1.82, 2.24) is 0 Å². The molecule has 0 aromatic heterocycles. The standard InChI is InChI=1S/C52H84NO7P/c1-6-8-10-12-14-16-18-20-22-23-24-25-26-27-28-29-30-32-34-36-38-40-42-44-47-57-49-51(50-59-61(55,56)58-48-46-53(3,4)5)60-52(54)45-43-41-39-37-35-33-31-21-19-17-15-13-11-9-7-2/h8-11,14-17,20-22,24-25,27-28,30-32,35-38,51H,6-7,12-13,18-19,23,26,29,33-34,39-50H2,1-5H3/b10-8-,11-9-,16-14-,17-15-,22-20-,25-24-,28-27-,31-21-,32-30-,37-35-,38-36-. The van der Waals surface area contributed by atoms with Gasteiger partial charge in [0.2, 0.25) is 0 Å². The Morgan fingerprint density at radius 3 is 1.28 bits per heavy atom. The maximum absolute atomic E-state index is 12.7. The maximum atomic E-state index is 12.7. The number of nitrogens with zero attached hydrogens (tertiary/aromatic N) is 1. The summed E-state index contributed by atoms with van der Waals surface area (Å²) in [5.74, 6) is -0.397. The second-order valence-corrected chi connectivity index (χ2v) is 17.1. The Hall–Kier alpha value is -3.36. The third-order valence-electron chi connectivity index (χ3n) is 8.70. The summed E-state index contributed by atoms with van der Waals surface area (Å²) >= 11 is 0. The Kier molecular flexibility index (Phi) is 40.9. The number of phosphoric acid groups is 1. The highest BCUT2D eigenvalue weighted by Crippen LogP contribution is 2.38. The number of phosphoric ester groups is 1. The van der Waals surface area contributed by atoms with Crippen molar-refractivity contribution in [2.75, 3.05) is 54.1 Å². The summed E-state index contributed by atoms with van der Waals surface area (Å²) < 4.78 is 34.5. The average molecular weight is 866 g/mol. The molecular formula is C52H84NO7P. The second kappa shape index (κ2) is 43.3. The molecule has 0 rings (SSSR count). The van der Waals surface area contributed by atoms with Crippen molar-refractivity contribution in [3.05, 3.63) is 134 Å². The number of esters is 1. The molecule has 2 atom stereocenters. The summed E-state index contributed by atoms with van der Waals surface area (Å²) in [5, 5.41) is 0. The molecule has 0 heterocycles. The van der Waals surface area contributed by atoms with Gasteiger partial charge < -0.3 is 27.9 Å². The van der Waals surface area contributed by atoms with Crippen LogP contribution < -0.4 is 4.89 Å². The van der Waals surface area contributed by atoms with E-state index in [1.165, 1.54) is 0 Å². The highest BCUT2D eigenvalue weighted by atomic mass is 31.2. The normalized spacial score (nSPS) is 14.9. The van der Waals surface area contributed by atoms with Gasteiger partial charge in [0, 0.05) is 13.0 Å². The van der Waals surface area contributed by atoms with E-state index >= 15 is 0 Å². The second-order valence-electron chi connectivity index (χ2n) is 15.6. The van der Waals surface area contributed by atoms with Gasteiger partial charge in [-0.15, -0.1) is 0 Å². The molecule has 0 aromatic rings. The fourth-order valence-electron chi connectivity index (χ4n) is 5.22. The molecule has 8 nitrogen and oxygen atoms in total. The van der Waals surface area contributed by atoms with E-state index in [2.05, 4.69) is 148 Å². The largest absolute Gasteiger partial charge is 0.756 e. The Bertz CT molecular complexity index is 1420. The number of ether oxygens (including phenoxy) is 2. The number of hydrogen-bond donors (Lipinski definition) is 0. The zero-order valence-corrected chi connectivity index (χ0v) is 39.7.